The van der Waals surface area contributed by atoms with Crippen LogP contribution in [0, 0.1) is 16.0 Å². The number of aliphatic carboxylic acids is 1. The molecule has 0 spiro atoms. The van der Waals surface area contributed by atoms with Gasteiger partial charge in [-0.25, -0.2) is 8.42 Å². The van der Waals surface area contributed by atoms with E-state index in [1.54, 1.807) is 6.92 Å². The highest BCUT2D eigenvalue weighted by Crippen LogP contribution is 2.44. The summed E-state index contributed by atoms with van der Waals surface area (Å²) in [6.45, 7) is 1.86. The van der Waals surface area contributed by atoms with E-state index < -0.39 is 38.2 Å². The van der Waals surface area contributed by atoms with Crippen LogP contribution in [0.2, 0.25) is 0 Å². The maximum absolute atomic E-state index is 13.2. The molecule has 28 heavy (non-hydrogen) atoms. The van der Waals surface area contributed by atoms with Crippen LogP contribution in [0.5, 0.6) is 0 Å². The number of benzene rings is 1. The summed E-state index contributed by atoms with van der Waals surface area (Å²) < 4.78 is 23.4. The number of sulfone groups is 1. The number of nitro groups is 1. The molecule has 0 aromatic heterocycles. The Morgan fingerprint density at radius 1 is 1.36 bits per heavy atom. The van der Waals surface area contributed by atoms with Crippen LogP contribution in [-0.4, -0.2) is 54.1 Å². The molecule has 3 rings (SSSR count). The predicted octanol–water partition coefficient (Wildman–Crippen LogP) is 1.57. The van der Waals surface area contributed by atoms with Crippen LogP contribution >= 0.6 is 0 Å². The van der Waals surface area contributed by atoms with Crippen LogP contribution in [0.25, 0.3) is 0 Å². The standard InChI is InChI=1S/C17H18N2O8S/c1-3-18-14(17(21)22)13(16(27-18)9-4-5-9)15(20)11-7-6-10(28(2,25)26)8-12(11)19(23)24/h6-9,14H,3-5H2,1-2H3,(H,21,22). The van der Waals surface area contributed by atoms with Gasteiger partial charge in [0.15, 0.2) is 15.9 Å². The van der Waals surface area contributed by atoms with E-state index >= 15 is 0 Å². The van der Waals surface area contributed by atoms with Crippen molar-refractivity contribution in [2.75, 3.05) is 12.8 Å². The van der Waals surface area contributed by atoms with Crippen molar-refractivity contribution in [3.8, 4) is 0 Å². The molecule has 11 heteroatoms. The first-order valence-corrected chi connectivity index (χ1v) is 10.4. The number of rotatable bonds is 7. The zero-order valence-electron chi connectivity index (χ0n) is 15.1. The van der Waals surface area contributed by atoms with Gasteiger partial charge in [0.1, 0.15) is 11.3 Å². The monoisotopic (exact) mass is 410 g/mol. The lowest BCUT2D eigenvalue weighted by molar-refractivity contribution is -0.385. The van der Waals surface area contributed by atoms with Gasteiger partial charge in [-0.2, -0.15) is 0 Å². The summed E-state index contributed by atoms with van der Waals surface area (Å²) in [5.74, 6) is -2.04. The van der Waals surface area contributed by atoms with Crippen LogP contribution < -0.4 is 0 Å². The van der Waals surface area contributed by atoms with Crippen molar-refractivity contribution in [1.82, 2.24) is 5.06 Å². The molecule has 0 bridgehead atoms. The molecule has 1 aliphatic heterocycles. The number of nitro benzene ring substituents is 1. The molecule has 1 N–H and O–H groups in total. The summed E-state index contributed by atoms with van der Waals surface area (Å²) in [5, 5.41) is 22.2. The largest absolute Gasteiger partial charge is 0.480 e. The second-order valence-electron chi connectivity index (χ2n) is 6.65. The maximum atomic E-state index is 13.2. The van der Waals surface area contributed by atoms with Crippen molar-refractivity contribution in [2.24, 2.45) is 5.92 Å². The first-order chi connectivity index (χ1) is 13.1. The van der Waals surface area contributed by atoms with Crippen molar-refractivity contribution in [3.63, 3.8) is 0 Å². The Morgan fingerprint density at radius 3 is 2.46 bits per heavy atom. The predicted molar refractivity (Wildman–Crippen MR) is 95.2 cm³/mol. The van der Waals surface area contributed by atoms with Gasteiger partial charge in [-0.3, -0.25) is 19.7 Å². The zero-order valence-corrected chi connectivity index (χ0v) is 15.9. The SMILES string of the molecule is CCN1OC(C2CC2)=C(C(=O)c2ccc(S(C)(=O)=O)cc2[N+](=O)[O-])C1C(=O)O. The Hall–Kier alpha value is -2.79. The molecular weight excluding hydrogens is 392 g/mol. The lowest BCUT2D eigenvalue weighted by Crippen LogP contribution is -2.39. The van der Waals surface area contributed by atoms with Crippen molar-refractivity contribution >= 4 is 27.3 Å². The number of allylic oxidation sites excluding steroid dienone is 1. The van der Waals surface area contributed by atoms with Gasteiger partial charge in [-0.15, -0.1) is 5.06 Å². The number of hydrogen-bond acceptors (Lipinski definition) is 8. The molecule has 0 saturated heterocycles. The van der Waals surface area contributed by atoms with E-state index in [-0.39, 0.29) is 34.3 Å². The molecule has 1 fully saturated rings. The molecule has 1 heterocycles. The number of ketones is 1. The maximum Gasteiger partial charge on any atom is 0.329 e. The molecule has 150 valence electrons. The Balaban J connectivity index is 2.15. The number of likely N-dealkylation sites (N-methyl/N-ethyl adjacent to an activating group) is 1. The van der Waals surface area contributed by atoms with E-state index in [1.165, 1.54) is 0 Å². The third-order valence-corrected chi connectivity index (χ3v) is 5.73. The second kappa shape index (κ2) is 6.99. The lowest BCUT2D eigenvalue weighted by Gasteiger charge is -2.19. The van der Waals surface area contributed by atoms with E-state index in [9.17, 15) is 33.2 Å². The third kappa shape index (κ3) is 3.50. The highest BCUT2D eigenvalue weighted by atomic mass is 32.2. The zero-order chi connectivity index (χ0) is 20.8. The molecule has 1 atom stereocenters. The van der Waals surface area contributed by atoms with Crippen molar-refractivity contribution in [2.45, 2.75) is 30.7 Å². The van der Waals surface area contributed by atoms with Gasteiger partial charge < -0.3 is 9.94 Å². The lowest BCUT2D eigenvalue weighted by atomic mass is 9.94. The highest BCUT2D eigenvalue weighted by Gasteiger charge is 2.48. The number of carbonyl (C=O) groups excluding carboxylic acids is 1. The summed E-state index contributed by atoms with van der Waals surface area (Å²) in [4.78, 5) is 40.9. The molecule has 1 aromatic carbocycles. The minimum absolute atomic E-state index is 0.105. The summed E-state index contributed by atoms with van der Waals surface area (Å²) in [6.07, 6.45) is 2.35. The molecule has 1 unspecified atom stereocenters. The molecular formula is C17H18N2O8S. The smallest absolute Gasteiger partial charge is 0.329 e. The van der Waals surface area contributed by atoms with E-state index in [1.807, 2.05) is 0 Å². The fourth-order valence-corrected chi connectivity index (χ4v) is 3.75. The van der Waals surface area contributed by atoms with Crippen molar-refractivity contribution in [1.29, 1.82) is 0 Å². The van der Waals surface area contributed by atoms with Gasteiger partial charge >= 0.3 is 5.97 Å². The van der Waals surface area contributed by atoms with E-state index in [0.29, 0.717) is 0 Å². The van der Waals surface area contributed by atoms with Crippen LogP contribution in [0.15, 0.2) is 34.4 Å². The van der Waals surface area contributed by atoms with E-state index in [0.717, 1.165) is 42.4 Å². The van der Waals surface area contributed by atoms with Crippen LogP contribution in [0.1, 0.15) is 30.1 Å². The van der Waals surface area contributed by atoms with E-state index in [2.05, 4.69) is 0 Å². The quantitative estimate of drug-likeness (QED) is 0.402. The molecule has 0 amide bonds. The van der Waals surface area contributed by atoms with Crippen LogP contribution in [0.3, 0.4) is 0 Å². The minimum Gasteiger partial charge on any atom is -0.480 e. The number of carboxylic acids is 1. The fourth-order valence-electron chi connectivity index (χ4n) is 3.11. The van der Waals surface area contributed by atoms with Crippen molar-refractivity contribution < 1.29 is 32.9 Å². The van der Waals surface area contributed by atoms with Crippen molar-refractivity contribution in [3.05, 3.63) is 45.2 Å². The Labute approximate surface area is 160 Å². The summed E-state index contributed by atoms with van der Waals surface area (Å²) >= 11 is 0. The first-order valence-electron chi connectivity index (χ1n) is 8.51. The normalized spacial score (nSPS) is 20.1. The molecule has 2 aliphatic rings. The van der Waals surface area contributed by atoms with Gasteiger partial charge in [0.05, 0.1) is 15.4 Å². The number of nitrogens with zero attached hydrogens (tertiary/aromatic N) is 2. The summed E-state index contributed by atoms with van der Waals surface area (Å²) in [7, 11) is -3.73. The first kappa shape index (κ1) is 20.0. The summed E-state index contributed by atoms with van der Waals surface area (Å²) in [5.41, 5.74) is -1.22. The molecule has 1 aliphatic carbocycles. The van der Waals surface area contributed by atoms with Crippen LogP contribution in [0.4, 0.5) is 5.69 Å². The fraction of sp³-hybridized carbons (Fsp3) is 0.412. The third-order valence-electron chi connectivity index (χ3n) is 4.62. The van der Waals surface area contributed by atoms with Gasteiger partial charge in [0, 0.05) is 24.8 Å². The number of carboxylic acid groups (broad SMARTS) is 1. The second-order valence-corrected chi connectivity index (χ2v) is 8.67. The van der Waals surface area contributed by atoms with Gasteiger partial charge in [0.2, 0.25) is 5.78 Å². The number of carbonyl (C=O) groups is 2. The molecule has 10 nitrogen and oxygen atoms in total. The molecule has 1 saturated carbocycles. The topological polar surface area (TPSA) is 144 Å². The van der Waals surface area contributed by atoms with Gasteiger partial charge in [-0.1, -0.05) is 0 Å². The molecule has 0 radical (unpaired) electrons. The number of Topliss-reactive ketones (excluding diaryl/α,β-unsaturated/α-hetero) is 1. The number of hydrogen-bond donors (Lipinski definition) is 1. The van der Waals surface area contributed by atoms with E-state index in [4.69, 9.17) is 4.84 Å². The highest BCUT2D eigenvalue weighted by molar-refractivity contribution is 7.90. The van der Waals surface area contributed by atoms with Gasteiger partial charge in [0.25, 0.3) is 5.69 Å². The Morgan fingerprint density at radius 2 is 2.00 bits per heavy atom. The minimum atomic E-state index is -3.73. The van der Waals surface area contributed by atoms with Crippen LogP contribution in [-0.2, 0) is 19.5 Å². The van der Waals surface area contributed by atoms with Gasteiger partial charge in [-0.05, 0) is 31.9 Å². The summed E-state index contributed by atoms with van der Waals surface area (Å²) in [6, 6.07) is 1.56. The average molecular weight is 410 g/mol. The number of hydroxylamine groups is 2. The molecule has 1 aromatic rings. The Kier molecular flexibility index (Phi) is 4.98. The average Bonchev–Trinajstić information content (AvgIpc) is 3.39. The Bertz CT molecular complexity index is 1010.